The Hall–Kier alpha value is -2.17. The van der Waals surface area contributed by atoms with Crippen molar-refractivity contribution in [2.45, 2.75) is 45.2 Å². The van der Waals surface area contributed by atoms with E-state index in [-0.39, 0.29) is 11.9 Å². The van der Waals surface area contributed by atoms with Gasteiger partial charge in [-0.05, 0) is 43.9 Å². The van der Waals surface area contributed by atoms with E-state index in [1.807, 2.05) is 40.9 Å². The van der Waals surface area contributed by atoms with Gasteiger partial charge in [0.25, 0.3) is 0 Å². The molecule has 0 unspecified atom stereocenters. The van der Waals surface area contributed by atoms with Gasteiger partial charge in [-0.2, -0.15) is 5.10 Å². The molecule has 3 rings (SSSR count). The van der Waals surface area contributed by atoms with E-state index in [9.17, 15) is 4.79 Å². The Kier molecular flexibility index (Phi) is 4.51. The SMILES string of the molecule is Cc1ccc(CC(=O)N2CCCC[C@H]2Cn2cccn2)cn1. The largest absolute Gasteiger partial charge is 0.338 e. The molecule has 0 saturated carbocycles. The minimum Gasteiger partial charge on any atom is -0.338 e. The number of aromatic nitrogens is 3. The van der Waals surface area contributed by atoms with Crippen LogP contribution >= 0.6 is 0 Å². The van der Waals surface area contributed by atoms with Crippen molar-refractivity contribution in [2.75, 3.05) is 6.54 Å². The van der Waals surface area contributed by atoms with Gasteiger partial charge in [0.05, 0.1) is 19.0 Å². The summed E-state index contributed by atoms with van der Waals surface area (Å²) in [5.41, 5.74) is 1.96. The van der Waals surface area contributed by atoms with Crippen molar-refractivity contribution in [1.82, 2.24) is 19.7 Å². The molecule has 22 heavy (non-hydrogen) atoms. The number of likely N-dealkylation sites (tertiary alicyclic amines) is 1. The lowest BCUT2D eigenvalue weighted by Gasteiger charge is -2.36. The van der Waals surface area contributed by atoms with Gasteiger partial charge in [-0.15, -0.1) is 0 Å². The highest BCUT2D eigenvalue weighted by Crippen LogP contribution is 2.19. The zero-order valence-corrected chi connectivity index (χ0v) is 13.0. The number of aryl methyl sites for hydroxylation is 1. The van der Waals surface area contributed by atoms with Crippen LogP contribution in [0.25, 0.3) is 0 Å². The lowest BCUT2D eigenvalue weighted by Crippen LogP contribution is -2.46. The molecule has 1 amide bonds. The molecule has 0 N–H and O–H groups in total. The summed E-state index contributed by atoms with van der Waals surface area (Å²) in [6.45, 7) is 3.59. The van der Waals surface area contributed by atoms with E-state index in [4.69, 9.17) is 0 Å². The molecule has 2 aromatic rings. The van der Waals surface area contributed by atoms with Gasteiger partial charge in [0.2, 0.25) is 5.91 Å². The second-order valence-electron chi connectivity index (χ2n) is 5.95. The van der Waals surface area contributed by atoms with Crippen molar-refractivity contribution < 1.29 is 4.79 Å². The van der Waals surface area contributed by atoms with Crippen molar-refractivity contribution in [2.24, 2.45) is 0 Å². The molecule has 2 aromatic heterocycles. The number of carbonyl (C=O) groups excluding carboxylic acids is 1. The van der Waals surface area contributed by atoms with Crippen LogP contribution in [0.1, 0.15) is 30.5 Å². The van der Waals surface area contributed by atoms with Gasteiger partial charge in [-0.25, -0.2) is 0 Å². The maximum Gasteiger partial charge on any atom is 0.227 e. The first-order valence-electron chi connectivity index (χ1n) is 7.91. The van der Waals surface area contributed by atoms with Crippen LogP contribution in [0.5, 0.6) is 0 Å². The normalized spacial score (nSPS) is 18.4. The van der Waals surface area contributed by atoms with E-state index in [1.165, 1.54) is 6.42 Å². The van der Waals surface area contributed by atoms with Crippen LogP contribution in [0.2, 0.25) is 0 Å². The van der Waals surface area contributed by atoms with Crippen molar-refractivity contribution in [3.8, 4) is 0 Å². The lowest BCUT2D eigenvalue weighted by atomic mass is 10.0. The fourth-order valence-corrected chi connectivity index (χ4v) is 3.02. The number of carbonyl (C=O) groups is 1. The van der Waals surface area contributed by atoms with Crippen LogP contribution < -0.4 is 0 Å². The second kappa shape index (κ2) is 6.73. The summed E-state index contributed by atoms with van der Waals surface area (Å²) in [6.07, 6.45) is 9.31. The number of rotatable bonds is 4. The van der Waals surface area contributed by atoms with E-state index in [2.05, 4.69) is 10.1 Å². The number of amides is 1. The number of pyridine rings is 1. The van der Waals surface area contributed by atoms with E-state index >= 15 is 0 Å². The van der Waals surface area contributed by atoms with Crippen LogP contribution in [-0.4, -0.2) is 38.2 Å². The third-order valence-corrected chi connectivity index (χ3v) is 4.23. The monoisotopic (exact) mass is 298 g/mol. The average molecular weight is 298 g/mol. The maximum absolute atomic E-state index is 12.7. The highest BCUT2D eigenvalue weighted by Gasteiger charge is 2.27. The lowest BCUT2D eigenvalue weighted by molar-refractivity contribution is -0.134. The molecular weight excluding hydrogens is 276 g/mol. The predicted molar refractivity (Wildman–Crippen MR) is 84.3 cm³/mol. The first-order chi connectivity index (χ1) is 10.7. The molecule has 1 saturated heterocycles. The summed E-state index contributed by atoms with van der Waals surface area (Å²) < 4.78 is 1.92. The Labute approximate surface area is 131 Å². The molecule has 0 aromatic carbocycles. The van der Waals surface area contributed by atoms with Gasteiger partial charge >= 0.3 is 0 Å². The Balaban J connectivity index is 1.66. The summed E-state index contributed by atoms with van der Waals surface area (Å²) in [5.74, 6) is 0.197. The van der Waals surface area contributed by atoms with E-state index < -0.39 is 0 Å². The van der Waals surface area contributed by atoms with Crippen molar-refractivity contribution in [1.29, 1.82) is 0 Å². The second-order valence-corrected chi connectivity index (χ2v) is 5.95. The van der Waals surface area contributed by atoms with Gasteiger partial charge in [0, 0.05) is 30.8 Å². The van der Waals surface area contributed by atoms with Crippen molar-refractivity contribution >= 4 is 5.91 Å². The molecule has 0 spiro atoms. The molecule has 1 aliphatic heterocycles. The van der Waals surface area contributed by atoms with Crippen molar-refractivity contribution in [3.05, 3.63) is 48.0 Å². The molecule has 0 bridgehead atoms. The van der Waals surface area contributed by atoms with Crippen LogP contribution in [0, 0.1) is 6.92 Å². The van der Waals surface area contributed by atoms with Crippen LogP contribution in [0.3, 0.4) is 0 Å². The molecule has 3 heterocycles. The predicted octanol–water partition coefficient (Wildman–Crippen LogP) is 2.21. The van der Waals surface area contributed by atoms with Crippen LogP contribution in [0.15, 0.2) is 36.8 Å². The fraction of sp³-hybridized carbons (Fsp3) is 0.471. The highest BCUT2D eigenvalue weighted by atomic mass is 16.2. The van der Waals surface area contributed by atoms with E-state index in [0.29, 0.717) is 6.42 Å². The topological polar surface area (TPSA) is 51.0 Å². The summed E-state index contributed by atoms with van der Waals surface area (Å²) in [5, 5.41) is 4.27. The minimum absolute atomic E-state index is 0.197. The number of hydrogen-bond acceptors (Lipinski definition) is 3. The molecule has 116 valence electrons. The average Bonchev–Trinajstić information content (AvgIpc) is 3.03. The molecule has 1 fully saturated rings. The summed E-state index contributed by atoms with van der Waals surface area (Å²) in [6, 6.07) is 6.12. The van der Waals surface area contributed by atoms with Gasteiger partial charge < -0.3 is 4.90 Å². The van der Waals surface area contributed by atoms with Crippen LogP contribution in [-0.2, 0) is 17.8 Å². The first-order valence-corrected chi connectivity index (χ1v) is 7.91. The molecule has 0 radical (unpaired) electrons. The quantitative estimate of drug-likeness (QED) is 0.869. The Morgan fingerprint density at radius 1 is 1.36 bits per heavy atom. The summed E-state index contributed by atoms with van der Waals surface area (Å²) in [7, 11) is 0. The first kappa shape index (κ1) is 14.8. The van der Waals surface area contributed by atoms with Crippen molar-refractivity contribution in [3.63, 3.8) is 0 Å². The standard InChI is InChI=1S/C17H22N4O/c1-14-6-7-15(12-18-14)11-17(22)21-10-3-2-5-16(21)13-20-9-4-8-19-20/h4,6-9,12,16H,2-3,5,10-11,13H2,1H3/t16-/m0/s1. The van der Waals surface area contributed by atoms with E-state index in [0.717, 1.165) is 37.2 Å². The molecule has 5 nitrogen and oxygen atoms in total. The smallest absolute Gasteiger partial charge is 0.227 e. The molecule has 5 heteroatoms. The summed E-state index contributed by atoms with van der Waals surface area (Å²) >= 11 is 0. The highest BCUT2D eigenvalue weighted by molar-refractivity contribution is 5.79. The Bertz CT molecular complexity index is 606. The van der Waals surface area contributed by atoms with Gasteiger partial charge in [0.1, 0.15) is 0 Å². The molecule has 0 aliphatic carbocycles. The third-order valence-electron chi connectivity index (χ3n) is 4.23. The number of nitrogens with zero attached hydrogens (tertiary/aromatic N) is 4. The van der Waals surface area contributed by atoms with Gasteiger partial charge in [-0.3, -0.25) is 14.5 Å². The fourth-order valence-electron chi connectivity index (χ4n) is 3.02. The van der Waals surface area contributed by atoms with Gasteiger partial charge in [-0.1, -0.05) is 6.07 Å². The minimum atomic E-state index is 0.197. The third kappa shape index (κ3) is 3.53. The van der Waals surface area contributed by atoms with Gasteiger partial charge in [0.15, 0.2) is 0 Å². The zero-order chi connectivity index (χ0) is 15.4. The summed E-state index contributed by atoms with van der Waals surface area (Å²) in [4.78, 5) is 19.0. The Morgan fingerprint density at radius 3 is 3.00 bits per heavy atom. The molecular formula is C17H22N4O. The Morgan fingerprint density at radius 2 is 2.27 bits per heavy atom. The van der Waals surface area contributed by atoms with Crippen LogP contribution in [0.4, 0.5) is 0 Å². The molecule has 1 atom stereocenters. The zero-order valence-electron chi connectivity index (χ0n) is 13.0. The maximum atomic E-state index is 12.7. The van der Waals surface area contributed by atoms with E-state index in [1.54, 1.807) is 12.4 Å². The number of piperidine rings is 1. The number of hydrogen-bond donors (Lipinski definition) is 0. The molecule has 1 aliphatic rings.